The Balaban J connectivity index is 2.61. The summed E-state index contributed by atoms with van der Waals surface area (Å²) in [4.78, 5) is 13.6. The number of hydrogen-bond acceptors (Lipinski definition) is 3. The van der Waals surface area contributed by atoms with E-state index in [1.807, 2.05) is 27.7 Å². The molecule has 0 radical (unpaired) electrons. The quantitative estimate of drug-likeness (QED) is 0.748. The Labute approximate surface area is 97.6 Å². The molecule has 1 fully saturated rings. The fourth-order valence-corrected chi connectivity index (χ4v) is 2.05. The van der Waals surface area contributed by atoms with Crippen LogP contribution in [0.4, 0.5) is 4.79 Å². The van der Waals surface area contributed by atoms with Crippen molar-refractivity contribution in [3.05, 3.63) is 0 Å². The summed E-state index contributed by atoms with van der Waals surface area (Å²) < 4.78 is 5.35. The van der Waals surface area contributed by atoms with Crippen LogP contribution >= 0.6 is 0 Å². The molecule has 0 aromatic rings. The molecule has 94 valence electrons. The minimum atomic E-state index is -0.455. The predicted molar refractivity (Wildman–Crippen MR) is 62.2 cm³/mol. The van der Waals surface area contributed by atoms with Crippen LogP contribution in [0, 0.1) is 5.92 Å². The van der Waals surface area contributed by atoms with Crippen molar-refractivity contribution in [2.45, 2.75) is 52.2 Å². The van der Waals surface area contributed by atoms with Crippen LogP contribution in [0.3, 0.4) is 0 Å². The highest BCUT2D eigenvalue weighted by atomic mass is 16.6. The molecule has 0 unspecified atom stereocenters. The molecule has 0 aromatic carbocycles. The second-order valence-corrected chi connectivity index (χ2v) is 5.50. The van der Waals surface area contributed by atoms with Crippen molar-refractivity contribution < 1.29 is 14.6 Å². The van der Waals surface area contributed by atoms with Crippen LogP contribution in [0.15, 0.2) is 0 Å². The van der Waals surface area contributed by atoms with Gasteiger partial charge in [-0.15, -0.1) is 0 Å². The molecule has 4 heteroatoms. The van der Waals surface area contributed by atoms with Crippen LogP contribution in [-0.4, -0.2) is 40.9 Å². The number of likely N-dealkylation sites (tertiary alicyclic amines) is 1. The Morgan fingerprint density at radius 3 is 2.62 bits per heavy atom. The van der Waals surface area contributed by atoms with E-state index >= 15 is 0 Å². The molecular weight excluding hydrogens is 206 g/mol. The van der Waals surface area contributed by atoms with Crippen molar-refractivity contribution in [1.29, 1.82) is 0 Å². The van der Waals surface area contributed by atoms with E-state index in [1.54, 1.807) is 4.90 Å². The molecule has 1 aliphatic rings. The third-order valence-corrected chi connectivity index (χ3v) is 3.01. The van der Waals surface area contributed by atoms with Gasteiger partial charge in [-0.2, -0.15) is 0 Å². The number of carbonyl (C=O) groups is 1. The zero-order valence-corrected chi connectivity index (χ0v) is 10.7. The number of nitrogens with zero attached hydrogens (tertiary/aromatic N) is 1. The topological polar surface area (TPSA) is 49.8 Å². The van der Waals surface area contributed by atoms with Gasteiger partial charge >= 0.3 is 6.09 Å². The van der Waals surface area contributed by atoms with Gasteiger partial charge < -0.3 is 14.7 Å². The molecule has 0 spiro atoms. The summed E-state index contributed by atoms with van der Waals surface area (Å²) in [5, 5.41) is 9.21. The van der Waals surface area contributed by atoms with Crippen molar-refractivity contribution in [2.75, 3.05) is 13.2 Å². The first-order valence-electron chi connectivity index (χ1n) is 5.95. The van der Waals surface area contributed by atoms with Crippen LogP contribution in [0.25, 0.3) is 0 Å². The van der Waals surface area contributed by atoms with Gasteiger partial charge in [-0.3, -0.25) is 0 Å². The standard InChI is InChI=1S/C12H23NO3/c1-9-10(8-14)6-5-7-13(9)11(15)16-12(2,3)4/h9-10,14H,5-8H2,1-4H3/t9-,10-/m1/s1. The molecule has 16 heavy (non-hydrogen) atoms. The summed E-state index contributed by atoms with van der Waals surface area (Å²) in [5.74, 6) is 0.182. The van der Waals surface area contributed by atoms with Gasteiger partial charge in [-0.1, -0.05) is 0 Å². The number of ether oxygens (including phenoxy) is 1. The van der Waals surface area contributed by atoms with Gasteiger partial charge in [-0.05, 0) is 40.5 Å². The summed E-state index contributed by atoms with van der Waals surface area (Å²) in [6.45, 7) is 8.44. The van der Waals surface area contributed by atoms with E-state index in [-0.39, 0.29) is 24.7 Å². The number of aliphatic hydroxyl groups excluding tert-OH is 1. The average Bonchev–Trinajstić information content (AvgIpc) is 2.15. The summed E-state index contributed by atoms with van der Waals surface area (Å²) in [7, 11) is 0. The van der Waals surface area contributed by atoms with Gasteiger partial charge in [0.05, 0.1) is 0 Å². The number of carbonyl (C=O) groups excluding carboxylic acids is 1. The number of piperidine rings is 1. The zero-order chi connectivity index (χ0) is 12.3. The second-order valence-electron chi connectivity index (χ2n) is 5.50. The minimum Gasteiger partial charge on any atom is -0.444 e. The maximum absolute atomic E-state index is 11.9. The minimum absolute atomic E-state index is 0.0635. The molecule has 2 atom stereocenters. The molecule has 0 saturated carbocycles. The Kier molecular flexibility index (Phi) is 4.19. The first kappa shape index (κ1) is 13.3. The van der Waals surface area contributed by atoms with Gasteiger partial charge in [0, 0.05) is 25.1 Å². The lowest BCUT2D eigenvalue weighted by atomic mass is 9.91. The van der Waals surface area contributed by atoms with E-state index in [0.717, 1.165) is 19.4 Å². The first-order valence-corrected chi connectivity index (χ1v) is 5.95. The third-order valence-electron chi connectivity index (χ3n) is 3.01. The molecule has 1 saturated heterocycles. The Hall–Kier alpha value is -0.770. The number of amides is 1. The zero-order valence-electron chi connectivity index (χ0n) is 10.7. The largest absolute Gasteiger partial charge is 0.444 e. The molecule has 0 aliphatic carbocycles. The lowest BCUT2D eigenvalue weighted by Crippen LogP contribution is -2.49. The van der Waals surface area contributed by atoms with E-state index in [2.05, 4.69) is 0 Å². The van der Waals surface area contributed by atoms with Crippen LogP contribution in [0.2, 0.25) is 0 Å². The Morgan fingerprint density at radius 1 is 1.50 bits per heavy atom. The maximum atomic E-state index is 11.9. The van der Waals surface area contributed by atoms with Gasteiger partial charge in [0.15, 0.2) is 0 Å². The van der Waals surface area contributed by atoms with Crippen molar-refractivity contribution in [3.63, 3.8) is 0 Å². The number of rotatable bonds is 1. The van der Waals surface area contributed by atoms with Crippen molar-refractivity contribution in [1.82, 2.24) is 4.90 Å². The van der Waals surface area contributed by atoms with E-state index < -0.39 is 5.60 Å². The number of aliphatic hydroxyl groups is 1. The molecule has 0 aromatic heterocycles. The van der Waals surface area contributed by atoms with Crippen molar-refractivity contribution >= 4 is 6.09 Å². The highest BCUT2D eigenvalue weighted by Gasteiger charge is 2.33. The van der Waals surface area contributed by atoms with Crippen LogP contribution in [0.5, 0.6) is 0 Å². The van der Waals surface area contributed by atoms with Crippen molar-refractivity contribution in [2.24, 2.45) is 5.92 Å². The molecular formula is C12H23NO3. The van der Waals surface area contributed by atoms with Gasteiger partial charge in [0.1, 0.15) is 5.60 Å². The maximum Gasteiger partial charge on any atom is 0.410 e. The summed E-state index contributed by atoms with van der Waals surface area (Å²) >= 11 is 0. The normalized spacial score (nSPS) is 26.7. The van der Waals surface area contributed by atoms with E-state index in [0.29, 0.717) is 0 Å². The van der Waals surface area contributed by atoms with Crippen LogP contribution < -0.4 is 0 Å². The molecule has 1 aliphatic heterocycles. The van der Waals surface area contributed by atoms with Crippen LogP contribution in [-0.2, 0) is 4.74 Å². The smallest absolute Gasteiger partial charge is 0.410 e. The van der Waals surface area contributed by atoms with Crippen molar-refractivity contribution in [3.8, 4) is 0 Å². The highest BCUT2D eigenvalue weighted by molar-refractivity contribution is 5.68. The monoisotopic (exact) mass is 229 g/mol. The first-order chi connectivity index (χ1) is 7.35. The molecule has 1 N–H and O–H groups in total. The summed E-state index contributed by atoms with van der Waals surface area (Å²) in [5.41, 5.74) is -0.455. The van der Waals surface area contributed by atoms with E-state index in [1.165, 1.54) is 0 Å². The SMILES string of the molecule is C[C@@H]1[C@@H](CO)CCCN1C(=O)OC(C)(C)C. The fraction of sp³-hybridized carbons (Fsp3) is 0.917. The molecule has 1 heterocycles. The Morgan fingerprint density at radius 2 is 2.12 bits per heavy atom. The highest BCUT2D eigenvalue weighted by Crippen LogP contribution is 2.24. The van der Waals surface area contributed by atoms with E-state index in [9.17, 15) is 9.90 Å². The second kappa shape index (κ2) is 5.04. The predicted octanol–water partition coefficient (Wildman–Crippen LogP) is 2.01. The van der Waals surface area contributed by atoms with Crippen LogP contribution in [0.1, 0.15) is 40.5 Å². The summed E-state index contributed by atoms with van der Waals surface area (Å²) in [6.07, 6.45) is 1.66. The van der Waals surface area contributed by atoms with Gasteiger partial charge in [0.25, 0.3) is 0 Å². The van der Waals surface area contributed by atoms with Gasteiger partial charge in [0.2, 0.25) is 0 Å². The number of hydrogen-bond donors (Lipinski definition) is 1. The summed E-state index contributed by atoms with van der Waals surface area (Å²) in [6, 6.07) is 0.0635. The lowest BCUT2D eigenvalue weighted by Gasteiger charge is -2.39. The van der Waals surface area contributed by atoms with Gasteiger partial charge in [-0.25, -0.2) is 4.79 Å². The Bertz CT molecular complexity index is 247. The molecule has 1 amide bonds. The molecule has 4 nitrogen and oxygen atoms in total. The third kappa shape index (κ3) is 3.37. The fourth-order valence-electron chi connectivity index (χ4n) is 2.05. The molecule has 0 bridgehead atoms. The molecule has 1 rings (SSSR count). The van der Waals surface area contributed by atoms with E-state index in [4.69, 9.17) is 4.74 Å². The lowest BCUT2D eigenvalue weighted by molar-refractivity contribution is -0.00285. The average molecular weight is 229 g/mol.